The van der Waals surface area contributed by atoms with E-state index in [2.05, 4.69) is 41.5 Å². The van der Waals surface area contributed by atoms with Crippen molar-refractivity contribution in [3.05, 3.63) is 59.7 Å². The van der Waals surface area contributed by atoms with Crippen LogP contribution in [-0.2, 0) is 9.59 Å². The SMILES string of the molecule is Cc1ccc(NC(=S)N2CCNC(=O)C2CC(=O)N2CCN(c3ccccc3)CC2)cc1C. The fourth-order valence-corrected chi connectivity index (χ4v) is 4.66. The summed E-state index contributed by atoms with van der Waals surface area (Å²) in [5.74, 6) is -0.162. The molecule has 2 aromatic carbocycles. The molecule has 0 saturated carbocycles. The van der Waals surface area contributed by atoms with Gasteiger partial charge in [0.15, 0.2) is 5.11 Å². The van der Waals surface area contributed by atoms with Gasteiger partial charge in [-0.1, -0.05) is 24.3 Å². The molecular formula is C25H31N5O2S. The van der Waals surface area contributed by atoms with Crippen molar-refractivity contribution in [3.8, 4) is 0 Å². The van der Waals surface area contributed by atoms with Crippen LogP contribution in [0.5, 0.6) is 0 Å². The molecule has 1 atom stereocenters. The van der Waals surface area contributed by atoms with Gasteiger partial charge in [-0.05, 0) is 61.5 Å². The molecular weight excluding hydrogens is 434 g/mol. The summed E-state index contributed by atoms with van der Waals surface area (Å²) in [7, 11) is 0. The van der Waals surface area contributed by atoms with Gasteiger partial charge >= 0.3 is 0 Å². The van der Waals surface area contributed by atoms with E-state index in [0.29, 0.717) is 31.3 Å². The Balaban J connectivity index is 1.37. The summed E-state index contributed by atoms with van der Waals surface area (Å²) in [4.78, 5) is 31.8. The van der Waals surface area contributed by atoms with Gasteiger partial charge in [0, 0.05) is 50.6 Å². The summed E-state index contributed by atoms with van der Waals surface area (Å²) in [6, 6.07) is 15.7. The van der Waals surface area contributed by atoms with Gasteiger partial charge in [-0.25, -0.2) is 0 Å². The molecule has 0 bridgehead atoms. The molecule has 2 aromatic rings. The normalized spacial score (nSPS) is 18.7. The van der Waals surface area contributed by atoms with Gasteiger partial charge in [-0.2, -0.15) is 0 Å². The zero-order valence-corrected chi connectivity index (χ0v) is 20.0. The van der Waals surface area contributed by atoms with Gasteiger partial charge in [-0.3, -0.25) is 9.59 Å². The van der Waals surface area contributed by atoms with Crippen LogP contribution in [0, 0.1) is 13.8 Å². The van der Waals surface area contributed by atoms with Crippen molar-refractivity contribution in [2.75, 3.05) is 49.5 Å². The number of hydrogen-bond donors (Lipinski definition) is 2. The number of nitrogens with zero attached hydrogens (tertiary/aromatic N) is 3. The van der Waals surface area contributed by atoms with Gasteiger partial charge in [0.2, 0.25) is 11.8 Å². The molecule has 2 aliphatic rings. The Kier molecular flexibility index (Phi) is 7.13. The van der Waals surface area contributed by atoms with Gasteiger partial charge < -0.3 is 25.3 Å². The lowest BCUT2D eigenvalue weighted by atomic mass is 10.1. The lowest BCUT2D eigenvalue weighted by Crippen LogP contribution is -2.60. The minimum atomic E-state index is -0.607. The topological polar surface area (TPSA) is 67.9 Å². The standard InChI is InChI=1S/C25H31N5O2S/c1-18-8-9-20(16-19(18)2)27-25(33)30-11-10-26-24(32)22(30)17-23(31)29-14-12-28(13-15-29)21-6-4-3-5-7-21/h3-9,16,22H,10-15,17H2,1-2H3,(H,26,32)(H,27,33). The van der Waals surface area contributed by atoms with Gasteiger partial charge in [0.25, 0.3) is 0 Å². The third kappa shape index (κ3) is 5.45. The zero-order chi connectivity index (χ0) is 23.4. The third-order valence-corrected chi connectivity index (χ3v) is 6.81. The second-order valence-corrected chi connectivity index (χ2v) is 9.02. The second-order valence-electron chi connectivity index (χ2n) is 8.64. The Morgan fingerprint density at radius 2 is 1.76 bits per heavy atom. The van der Waals surface area contributed by atoms with Crippen molar-refractivity contribution in [2.24, 2.45) is 0 Å². The van der Waals surface area contributed by atoms with Crippen LogP contribution in [0.3, 0.4) is 0 Å². The number of nitrogens with one attached hydrogen (secondary N) is 2. The van der Waals surface area contributed by atoms with Crippen LogP contribution in [0.25, 0.3) is 0 Å². The van der Waals surface area contributed by atoms with Crippen molar-refractivity contribution in [3.63, 3.8) is 0 Å². The summed E-state index contributed by atoms with van der Waals surface area (Å²) in [6.45, 7) is 8.05. The molecule has 174 valence electrons. The van der Waals surface area contributed by atoms with Gasteiger partial charge in [0.05, 0.1) is 6.42 Å². The molecule has 0 aromatic heterocycles. The number of benzene rings is 2. The molecule has 7 nitrogen and oxygen atoms in total. The van der Waals surface area contributed by atoms with E-state index in [9.17, 15) is 9.59 Å². The maximum absolute atomic E-state index is 13.1. The van der Waals surface area contributed by atoms with Crippen LogP contribution in [0.2, 0.25) is 0 Å². The van der Waals surface area contributed by atoms with Gasteiger partial charge in [-0.15, -0.1) is 0 Å². The van der Waals surface area contributed by atoms with Crippen LogP contribution in [0.4, 0.5) is 11.4 Å². The summed E-state index contributed by atoms with van der Waals surface area (Å²) in [6.07, 6.45) is 0.117. The fraction of sp³-hybridized carbons (Fsp3) is 0.400. The van der Waals surface area contributed by atoms with Crippen molar-refractivity contribution in [2.45, 2.75) is 26.3 Å². The molecule has 2 N–H and O–H groups in total. The van der Waals surface area contributed by atoms with Crippen LogP contribution in [0.15, 0.2) is 48.5 Å². The number of hydrogen-bond acceptors (Lipinski definition) is 4. The smallest absolute Gasteiger partial charge is 0.243 e. The summed E-state index contributed by atoms with van der Waals surface area (Å²) in [5, 5.41) is 6.61. The van der Waals surface area contributed by atoms with Crippen molar-refractivity contribution < 1.29 is 9.59 Å². The molecule has 2 heterocycles. The van der Waals surface area contributed by atoms with E-state index in [1.807, 2.05) is 46.2 Å². The number of carbonyl (C=O) groups is 2. The molecule has 0 radical (unpaired) electrons. The molecule has 1 unspecified atom stereocenters. The predicted molar refractivity (Wildman–Crippen MR) is 135 cm³/mol. The zero-order valence-electron chi connectivity index (χ0n) is 19.2. The first-order valence-corrected chi connectivity index (χ1v) is 11.8. The fourth-order valence-electron chi connectivity index (χ4n) is 4.32. The molecule has 33 heavy (non-hydrogen) atoms. The van der Waals surface area contributed by atoms with E-state index >= 15 is 0 Å². The first kappa shape index (κ1) is 23.0. The van der Waals surface area contributed by atoms with E-state index < -0.39 is 6.04 Å². The van der Waals surface area contributed by atoms with Gasteiger partial charge in [0.1, 0.15) is 6.04 Å². The molecule has 4 rings (SSSR count). The molecule has 0 spiro atoms. The first-order valence-electron chi connectivity index (χ1n) is 11.4. The Morgan fingerprint density at radius 1 is 1.03 bits per heavy atom. The monoisotopic (exact) mass is 465 g/mol. The molecule has 8 heteroatoms. The van der Waals surface area contributed by atoms with Crippen molar-refractivity contribution >= 4 is 40.5 Å². The molecule has 2 aliphatic heterocycles. The summed E-state index contributed by atoms with van der Waals surface area (Å²) < 4.78 is 0. The number of carbonyl (C=O) groups excluding carboxylic acids is 2. The number of anilines is 2. The Morgan fingerprint density at radius 3 is 2.45 bits per heavy atom. The molecule has 2 amide bonds. The Bertz CT molecular complexity index is 1020. The summed E-state index contributed by atoms with van der Waals surface area (Å²) in [5.41, 5.74) is 4.43. The number of piperazine rings is 2. The third-order valence-electron chi connectivity index (χ3n) is 6.47. The molecule has 2 saturated heterocycles. The highest BCUT2D eigenvalue weighted by Crippen LogP contribution is 2.19. The van der Waals surface area contributed by atoms with Crippen LogP contribution < -0.4 is 15.5 Å². The largest absolute Gasteiger partial charge is 0.368 e. The lowest BCUT2D eigenvalue weighted by Gasteiger charge is -2.39. The first-order chi connectivity index (χ1) is 15.9. The average Bonchev–Trinajstić information content (AvgIpc) is 2.83. The van der Waals surface area contributed by atoms with Crippen molar-refractivity contribution in [1.29, 1.82) is 0 Å². The minimum Gasteiger partial charge on any atom is -0.368 e. The van der Waals surface area contributed by atoms with E-state index in [0.717, 1.165) is 18.8 Å². The number of amides is 2. The lowest BCUT2D eigenvalue weighted by molar-refractivity contribution is -0.137. The maximum atomic E-state index is 13.1. The van der Waals surface area contributed by atoms with E-state index in [1.165, 1.54) is 16.8 Å². The minimum absolute atomic E-state index is 0.0104. The van der Waals surface area contributed by atoms with E-state index in [4.69, 9.17) is 12.2 Å². The number of para-hydroxylation sites is 1. The molecule has 2 fully saturated rings. The second kappa shape index (κ2) is 10.2. The van der Waals surface area contributed by atoms with E-state index in [1.54, 1.807) is 0 Å². The number of thiocarbonyl (C=S) groups is 1. The Labute approximate surface area is 200 Å². The highest BCUT2D eigenvalue weighted by molar-refractivity contribution is 7.80. The number of rotatable bonds is 4. The predicted octanol–water partition coefficient (Wildman–Crippen LogP) is 2.54. The maximum Gasteiger partial charge on any atom is 0.243 e. The van der Waals surface area contributed by atoms with Crippen LogP contribution in [-0.4, -0.2) is 72.0 Å². The highest BCUT2D eigenvalue weighted by atomic mass is 32.1. The van der Waals surface area contributed by atoms with E-state index in [-0.39, 0.29) is 18.2 Å². The molecule has 0 aliphatic carbocycles. The van der Waals surface area contributed by atoms with Crippen molar-refractivity contribution in [1.82, 2.24) is 15.1 Å². The van der Waals surface area contributed by atoms with Crippen LogP contribution >= 0.6 is 12.2 Å². The highest BCUT2D eigenvalue weighted by Gasteiger charge is 2.35. The van der Waals surface area contributed by atoms with Crippen LogP contribution in [0.1, 0.15) is 17.5 Å². The summed E-state index contributed by atoms with van der Waals surface area (Å²) >= 11 is 5.64. The Hall–Kier alpha value is -3.13. The quantitative estimate of drug-likeness (QED) is 0.677. The number of aryl methyl sites for hydroxylation is 2. The average molecular weight is 466 g/mol.